The van der Waals surface area contributed by atoms with Crippen molar-refractivity contribution in [1.82, 2.24) is 5.43 Å². The number of thiophene rings is 1. The molecule has 0 saturated heterocycles. The highest BCUT2D eigenvalue weighted by atomic mass is 35.5. The van der Waals surface area contributed by atoms with Crippen LogP contribution in [0.4, 0.5) is 0 Å². The van der Waals surface area contributed by atoms with Crippen LogP contribution < -0.4 is 5.43 Å². The zero-order valence-electron chi connectivity index (χ0n) is 14.3. The average Bonchev–Trinajstić information content (AvgIpc) is 3.04. The molecule has 1 aromatic heterocycles. The summed E-state index contributed by atoms with van der Waals surface area (Å²) in [4.78, 5) is 14.4. The number of phenolic OH excluding ortho intramolecular Hbond substituents is 1. The van der Waals surface area contributed by atoms with E-state index in [1.807, 2.05) is 6.07 Å². The minimum Gasteiger partial charge on any atom is -0.507 e. The van der Waals surface area contributed by atoms with E-state index in [0.717, 1.165) is 18.8 Å². The molecule has 2 aromatic rings. The van der Waals surface area contributed by atoms with Crippen molar-refractivity contribution in [3.63, 3.8) is 0 Å². The standard InChI is InChI=1S/C19H21ClN2O2S/c1-3-12-4-7-17-13(8-12)9-18(25-17)19(24)22-21-11(2)15-10-14(20)5-6-16(15)23/h5-6,9-10,12,23H,3-4,7-8H2,1-2H3,(H,22,24)/b21-11+/t12-/m0/s1. The van der Waals surface area contributed by atoms with E-state index in [4.69, 9.17) is 11.6 Å². The van der Waals surface area contributed by atoms with Gasteiger partial charge in [-0.1, -0.05) is 24.9 Å². The van der Waals surface area contributed by atoms with Gasteiger partial charge in [-0.3, -0.25) is 4.79 Å². The smallest absolute Gasteiger partial charge is 0.281 e. The van der Waals surface area contributed by atoms with E-state index < -0.39 is 0 Å². The van der Waals surface area contributed by atoms with Gasteiger partial charge in [-0.2, -0.15) is 5.10 Å². The fourth-order valence-electron chi connectivity index (χ4n) is 3.11. The maximum Gasteiger partial charge on any atom is 0.281 e. The summed E-state index contributed by atoms with van der Waals surface area (Å²) >= 11 is 7.51. The number of phenols is 1. The summed E-state index contributed by atoms with van der Waals surface area (Å²) in [5.41, 5.74) is 4.89. The van der Waals surface area contributed by atoms with E-state index in [1.54, 1.807) is 30.4 Å². The van der Waals surface area contributed by atoms with Crippen molar-refractivity contribution < 1.29 is 9.90 Å². The third-order valence-electron chi connectivity index (χ3n) is 4.66. The molecule has 0 unspecified atom stereocenters. The first-order valence-corrected chi connectivity index (χ1v) is 9.62. The second-order valence-corrected chi connectivity index (χ2v) is 7.95. The van der Waals surface area contributed by atoms with E-state index >= 15 is 0 Å². The lowest BCUT2D eigenvalue weighted by molar-refractivity contribution is 0.0959. The van der Waals surface area contributed by atoms with Crippen molar-refractivity contribution in [2.24, 2.45) is 11.0 Å². The van der Waals surface area contributed by atoms with Crippen molar-refractivity contribution >= 4 is 34.6 Å². The van der Waals surface area contributed by atoms with Gasteiger partial charge in [-0.05, 0) is 61.9 Å². The van der Waals surface area contributed by atoms with Crippen molar-refractivity contribution in [1.29, 1.82) is 0 Å². The van der Waals surface area contributed by atoms with Crippen LogP contribution in [0.1, 0.15) is 52.4 Å². The third kappa shape index (κ3) is 4.05. The first-order chi connectivity index (χ1) is 12.0. The van der Waals surface area contributed by atoms with Gasteiger partial charge in [-0.15, -0.1) is 11.3 Å². The molecule has 2 N–H and O–H groups in total. The van der Waals surface area contributed by atoms with Crippen LogP contribution in [0.3, 0.4) is 0 Å². The van der Waals surface area contributed by atoms with Crippen LogP contribution in [0, 0.1) is 5.92 Å². The predicted octanol–water partition coefficient (Wildman–Crippen LogP) is 4.78. The highest BCUT2D eigenvalue weighted by Crippen LogP contribution is 2.33. The Bertz CT molecular complexity index is 829. The first kappa shape index (κ1) is 18.0. The van der Waals surface area contributed by atoms with Crippen LogP contribution in [0.15, 0.2) is 29.4 Å². The van der Waals surface area contributed by atoms with E-state index in [-0.39, 0.29) is 11.7 Å². The molecule has 0 bridgehead atoms. The number of hydrazone groups is 1. The lowest BCUT2D eigenvalue weighted by Crippen LogP contribution is -2.18. The number of aromatic hydroxyl groups is 1. The molecule has 25 heavy (non-hydrogen) atoms. The number of carbonyl (C=O) groups excluding carboxylic acids is 1. The molecule has 0 saturated carbocycles. The number of fused-ring (bicyclic) bond motifs is 1. The normalized spacial score (nSPS) is 17.2. The van der Waals surface area contributed by atoms with Gasteiger partial charge in [0.15, 0.2) is 0 Å². The molecule has 6 heteroatoms. The zero-order valence-corrected chi connectivity index (χ0v) is 15.9. The molecule has 0 fully saturated rings. The SMILES string of the molecule is CC[C@H]1CCc2sc(C(=O)N/N=C(\C)c3cc(Cl)ccc3O)cc2C1. The maximum atomic E-state index is 12.4. The van der Waals surface area contributed by atoms with E-state index in [2.05, 4.69) is 17.5 Å². The van der Waals surface area contributed by atoms with E-state index in [1.165, 1.54) is 29.3 Å². The van der Waals surface area contributed by atoms with Crippen molar-refractivity contribution in [3.05, 3.63) is 50.2 Å². The van der Waals surface area contributed by atoms with Gasteiger partial charge in [0, 0.05) is 15.5 Å². The average molecular weight is 377 g/mol. The van der Waals surface area contributed by atoms with Crippen LogP contribution in [-0.2, 0) is 12.8 Å². The van der Waals surface area contributed by atoms with Crippen LogP contribution in [-0.4, -0.2) is 16.7 Å². The van der Waals surface area contributed by atoms with Gasteiger partial charge in [0.25, 0.3) is 5.91 Å². The number of carbonyl (C=O) groups is 1. The Morgan fingerprint density at radius 1 is 1.44 bits per heavy atom. The molecule has 1 atom stereocenters. The molecule has 132 valence electrons. The predicted molar refractivity (Wildman–Crippen MR) is 103 cm³/mol. The Balaban J connectivity index is 1.72. The van der Waals surface area contributed by atoms with Gasteiger partial charge in [0.2, 0.25) is 0 Å². The van der Waals surface area contributed by atoms with E-state index in [9.17, 15) is 9.90 Å². The number of benzene rings is 1. The number of halogens is 1. The van der Waals surface area contributed by atoms with Gasteiger partial charge in [-0.25, -0.2) is 5.43 Å². The second kappa shape index (κ2) is 7.58. The Morgan fingerprint density at radius 3 is 3.00 bits per heavy atom. The summed E-state index contributed by atoms with van der Waals surface area (Å²) in [6.45, 7) is 3.94. The van der Waals surface area contributed by atoms with Crippen molar-refractivity contribution in [2.75, 3.05) is 0 Å². The zero-order chi connectivity index (χ0) is 18.0. The molecule has 1 aliphatic rings. The van der Waals surface area contributed by atoms with Crippen molar-refractivity contribution in [3.8, 4) is 5.75 Å². The summed E-state index contributed by atoms with van der Waals surface area (Å²) < 4.78 is 0. The highest BCUT2D eigenvalue weighted by Gasteiger charge is 2.22. The van der Waals surface area contributed by atoms with Crippen molar-refractivity contribution in [2.45, 2.75) is 39.5 Å². The lowest BCUT2D eigenvalue weighted by atomic mass is 9.87. The molecule has 4 nitrogen and oxygen atoms in total. The molecular formula is C19H21ClN2O2S. The number of aryl methyl sites for hydroxylation is 1. The maximum absolute atomic E-state index is 12.4. The van der Waals surface area contributed by atoms with Crippen LogP contribution in [0.25, 0.3) is 0 Å². The van der Waals surface area contributed by atoms with Crippen LogP contribution >= 0.6 is 22.9 Å². The highest BCUT2D eigenvalue weighted by molar-refractivity contribution is 7.14. The lowest BCUT2D eigenvalue weighted by Gasteiger charge is -2.19. The summed E-state index contributed by atoms with van der Waals surface area (Å²) in [5.74, 6) is 0.592. The number of hydrogen-bond acceptors (Lipinski definition) is 4. The number of rotatable bonds is 4. The molecule has 1 amide bonds. The minimum absolute atomic E-state index is 0.0806. The summed E-state index contributed by atoms with van der Waals surface area (Å²) in [6, 6.07) is 6.73. The molecule has 0 radical (unpaired) electrons. The fraction of sp³-hybridized carbons (Fsp3) is 0.368. The number of nitrogens with zero attached hydrogens (tertiary/aromatic N) is 1. The van der Waals surface area contributed by atoms with Gasteiger partial charge >= 0.3 is 0 Å². The number of nitrogens with one attached hydrogen (secondary N) is 1. The topological polar surface area (TPSA) is 61.7 Å². The monoisotopic (exact) mass is 376 g/mol. The molecule has 1 aromatic carbocycles. The largest absolute Gasteiger partial charge is 0.507 e. The Labute approximate surface area is 156 Å². The minimum atomic E-state index is -0.215. The summed E-state index contributed by atoms with van der Waals surface area (Å²) in [7, 11) is 0. The third-order valence-corrected chi connectivity index (χ3v) is 6.13. The van der Waals surface area contributed by atoms with Crippen LogP contribution in [0.2, 0.25) is 5.02 Å². The van der Waals surface area contributed by atoms with Gasteiger partial charge < -0.3 is 5.11 Å². The van der Waals surface area contributed by atoms with E-state index in [0.29, 0.717) is 21.2 Å². The molecule has 3 rings (SSSR count). The molecular weight excluding hydrogens is 356 g/mol. The molecule has 0 spiro atoms. The molecule has 0 aliphatic heterocycles. The number of amides is 1. The molecule has 1 heterocycles. The Hall–Kier alpha value is -1.85. The van der Waals surface area contributed by atoms with Crippen LogP contribution in [0.5, 0.6) is 5.75 Å². The number of hydrogen-bond donors (Lipinski definition) is 2. The first-order valence-electron chi connectivity index (χ1n) is 8.43. The summed E-state index contributed by atoms with van der Waals surface area (Å²) in [5, 5.41) is 14.5. The Morgan fingerprint density at radius 2 is 2.24 bits per heavy atom. The Kier molecular flexibility index (Phi) is 5.45. The molecule has 1 aliphatic carbocycles. The van der Waals surface area contributed by atoms with Gasteiger partial charge in [0.1, 0.15) is 5.75 Å². The fourth-order valence-corrected chi connectivity index (χ4v) is 4.38. The van der Waals surface area contributed by atoms with Gasteiger partial charge in [0.05, 0.1) is 10.6 Å². The summed E-state index contributed by atoms with van der Waals surface area (Å²) in [6.07, 6.45) is 4.51. The second-order valence-electron chi connectivity index (χ2n) is 6.38. The quantitative estimate of drug-likeness (QED) is 0.596.